The van der Waals surface area contributed by atoms with E-state index < -0.39 is 12.1 Å². The van der Waals surface area contributed by atoms with E-state index in [1.807, 2.05) is 26.8 Å². The monoisotopic (exact) mass is 353 g/mol. The van der Waals surface area contributed by atoms with E-state index in [9.17, 15) is 9.59 Å². The number of pyridine rings is 1. The molecule has 0 saturated carbocycles. The molecule has 1 aromatic rings. The zero-order valence-corrected chi connectivity index (χ0v) is 14.3. The molecule has 2 heterocycles. The highest BCUT2D eigenvalue weighted by atomic mass is 79.9. The van der Waals surface area contributed by atoms with Gasteiger partial charge in [-0.3, -0.25) is 14.6 Å². The second-order valence-corrected chi connectivity index (χ2v) is 7.39. The summed E-state index contributed by atoms with van der Waals surface area (Å²) in [4.78, 5) is 30.6. The van der Waals surface area contributed by atoms with Gasteiger partial charge in [-0.05, 0) is 39.9 Å². The van der Waals surface area contributed by atoms with Crippen LogP contribution in [-0.4, -0.2) is 33.8 Å². The van der Waals surface area contributed by atoms with E-state index in [1.165, 1.54) is 0 Å². The first-order valence-electron chi connectivity index (χ1n) is 6.90. The minimum Gasteiger partial charge on any atom is -0.343 e. The summed E-state index contributed by atoms with van der Waals surface area (Å²) in [6.45, 7) is 7.99. The van der Waals surface area contributed by atoms with Gasteiger partial charge in [0.2, 0.25) is 11.8 Å². The Hall–Kier alpha value is -1.43. The lowest BCUT2D eigenvalue weighted by Crippen LogP contribution is -2.65. The summed E-state index contributed by atoms with van der Waals surface area (Å²) in [6.07, 6.45) is 3.41. The molecule has 2 atom stereocenters. The lowest BCUT2D eigenvalue weighted by molar-refractivity contribution is -0.154. The maximum Gasteiger partial charge on any atom is 0.245 e. The Bertz CT molecular complexity index is 568. The van der Waals surface area contributed by atoms with Crippen LogP contribution in [0.2, 0.25) is 0 Å². The summed E-state index contributed by atoms with van der Waals surface area (Å²) in [6, 6.07) is 0.938. The van der Waals surface area contributed by atoms with E-state index in [-0.39, 0.29) is 17.2 Å². The molecule has 1 fully saturated rings. The molecule has 1 N–H and O–H groups in total. The van der Waals surface area contributed by atoms with E-state index in [0.717, 1.165) is 10.0 Å². The van der Waals surface area contributed by atoms with Crippen LogP contribution in [0.1, 0.15) is 33.3 Å². The molecule has 0 bridgehead atoms. The van der Waals surface area contributed by atoms with Gasteiger partial charge in [0.1, 0.15) is 12.1 Å². The molecule has 1 saturated heterocycles. The number of piperazine rings is 1. The maximum atomic E-state index is 12.5. The van der Waals surface area contributed by atoms with Crippen molar-refractivity contribution in [3.63, 3.8) is 0 Å². The fraction of sp³-hybridized carbons (Fsp3) is 0.533. The minimum atomic E-state index is -0.490. The Morgan fingerprint density at radius 1 is 1.33 bits per heavy atom. The largest absolute Gasteiger partial charge is 0.343 e. The van der Waals surface area contributed by atoms with Crippen molar-refractivity contribution >= 4 is 27.7 Å². The number of aromatic nitrogens is 1. The van der Waals surface area contributed by atoms with Crippen molar-refractivity contribution in [2.45, 2.75) is 46.3 Å². The van der Waals surface area contributed by atoms with Gasteiger partial charge in [0.15, 0.2) is 0 Å². The Balaban J connectivity index is 2.34. The number of amides is 2. The number of nitrogens with one attached hydrogen (secondary N) is 1. The van der Waals surface area contributed by atoms with Crippen LogP contribution in [0.4, 0.5) is 0 Å². The quantitative estimate of drug-likeness (QED) is 0.885. The van der Waals surface area contributed by atoms with Crippen molar-refractivity contribution in [1.82, 2.24) is 15.2 Å². The number of carbonyl (C=O) groups excluding carboxylic acids is 2. The van der Waals surface area contributed by atoms with Crippen LogP contribution in [0.25, 0.3) is 0 Å². The summed E-state index contributed by atoms with van der Waals surface area (Å²) in [5.74, 6) is -0.160. The highest BCUT2D eigenvalue weighted by Gasteiger charge is 2.44. The van der Waals surface area contributed by atoms with E-state index in [4.69, 9.17) is 0 Å². The number of halogens is 1. The lowest BCUT2D eigenvalue weighted by atomic mass is 9.83. The molecule has 1 aliphatic rings. The number of nitrogens with zero attached hydrogens (tertiary/aromatic N) is 2. The van der Waals surface area contributed by atoms with Gasteiger partial charge in [-0.2, -0.15) is 0 Å². The number of carbonyl (C=O) groups is 2. The van der Waals surface area contributed by atoms with Crippen molar-refractivity contribution in [2.75, 3.05) is 0 Å². The lowest BCUT2D eigenvalue weighted by Gasteiger charge is -2.44. The molecule has 6 heteroatoms. The summed E-state index contributed by atoms with van der Waals surface area (Å²) in [5, 5.41) is 2.76. The predicted octanol–water partition coefficient (Wildman–Crippen LogP) is 2.11. The summed E-state index contributed by atoms with van der Waals surface area (Å²) >= 11 is 3.38. The first kappa shape index (κ1) is 15.9. The van der Waals surface area contributed by atoms with Crippen LogP contribution in [-0.2, 0) is 16.1 Å². The van der Waals surface area contributed by atoms with Crippen molar-refractivity contribution in [2.24, 2.45) is 5.41 Å². The highest BCUT2D eigenvalue weighted by molar-refractivity contribution is 9.10. The van der Waals surface area contributed by atoms with Gasteiger partial charge >= 0.3 is 0 Å². The van der Waals surface area contributed by atoms with Gasteiger partial charge < -0.3 is 10.2 Å². The fourth-order valence-corrected chi connectivity index (χ4v) is 3.05. The molecule has 0 spiro atoms. The molecule has 0 aromatic carbocycles. The van der Waals surface area contributed by atoms with Crippen molar-refractivity contribution in [1.29, 1.82) is 0 Å². The Labute approximate surface area is 133 Å². The minimum absolute atomic E-state index is 0.0606. The molecule has 0 aliphatic carbocycles. The third kappa shape index (κ3) is 3.43. The molecule has 21 heavy (non-hydrogen) atoms. The zero-order chi connectivity index (χ0) is 15.8. The topological polar surface area (TPSA) is 62.3 Å². The maximum absolute atomic E-state index is 12.5. The molecule has 5 nitrogen and oxygen atoms in total. The number of hydrogen-bond acceptors (Lipinski definition) is 3. The second kappa shape index (κ2) is 5.75. The molecule has 1 aromatic heterocycles. The molecular formula is C15H20BrN3O2. The van der Waals surface area contributed by atoms with Crippen LogP contribution in [0.3, 0.4) is 0 Å². The van der Waals surface area contributed by atoms with Gasteiger partial charge in [-0.15, -0.1) is 0 Å². The van der Waals surface area contributed by atoms with Crippen LogP contribution in [0.5, 0.6) is 0 Å². The average molecular weight is 354 g/mol. The molecule has 2 rings (SSSR count). The van der Waals surface area contributed by atoms with E-state index in [1.54, 1.807) is 24.2 Å². The number of rotatable bonds is 2. The summed E-state index contributed by atoms with van der Waals surface area (Å²) in [5.41, 5.74) is 0.563. The Morgan fingerprint density at radius 2 is 2.00 bits per heavy atom. The second-order valence-electron chi connectivity index (χ2n) is 6.48. The normalized spacial score (nSPS) is 23.2. The van der Waals surface area contributed by atoms with Gasteiger partial charge in [0.05, 0.1) is 0 Å². The van der Waals surface area contributed by atoms with E-state index >= 15 is 0 Å². The van der Waals surface area contributed by atoms with Gasteiger partial charge in [0.25, 0.3) is 0 Å². The molecule has 1 aliphatic heterocycles. The van der Waals surface area contributed by atoms with E-state index in [0.29, 0.717) is 6.54 Å². The fourth-order valence-electron chi connectivity index (χ4n) is 2.64. The van der Waals surface area contributed by atoms with Gasteiger partial charge in [-0.25, -0.2) is 0 Å². The van der Waals surface area contributed by atoms with Crippen molar-refractivity contribution < 1.29 is 9.59 Å². The first-order chi connectivity index (χ1) is 9.70. The van der Waals surface area contributed by atoms with Crippen LogP contribution >= 0.6 is 15.9 Å². The number of hydrogen-bond donors (Lipinski definition) is 1. The Kier molecular flexibility index (Phi) is 4.37. The third-order valence-electron chi connectivity index (χ3n) is 3.51. The van der Waals surface area contributed by atoms with Crippen LogP contribution in [0.15, 0.2) is 22.9 Å². The van der Waals surface area contributed by atoms with Gasteiger partial charge in [0, 0.05) is 23.4 Å². The van der Waals surface area contributed by atoms with Crippen LogP contribution in [0, 0.1) is 5.41 Å². The predicted molar refractivity (Wildman–Crippen MR) is 83.3 cm³/mol. The molecule has 2 unspecified atom stereocenters. The molecular weight excluding hydrogens is 334 g/mol. The SMILES string of the molecule is CC1NC(=O)C(C(C)(C)C)N(Cc2cncc(Br)c2)C1=O. The Morgan fingerprint density at radius 3 is 2.57 bits per heavy atom. The summed E-state index contributed by atoms with van der Waals surface area (Å²) in [7, 11) is 0. The molecule has 2 amide bonds. The average Bonchev–Trinajstić information content (AvgIpc) is 2.34. The zero-order valence-electron chi connectivity index (χ0n) is 12.7. The van der Waals surface area contributed by atoms with Crippen LogP contribution < -0.4 is 5.32 Å². The third-order valence-corrected chi connectivity index (χ3v) is 3.94. The molecule has 0 radical (unpaired) electrons. The molecule has 114 valence electrons. The van der Waals surface area contributed by atoms with E-state index in [2.05, 4.69) is 26.2 Å². The summed E-state index contributed by atoms with van der Waals surface area (Å²) < 4.78 is 0.856. The first-order valence-corrected chi connectivity index (χ1v) is 7.69. The van der Waals surface area contributed by atoms with Crippen molar-refractivity contribution in [3.05, 3.63) is 28.5 Å². The van der Waals surface area contributed by atoms with Crippen molar-refractivity contribution in [3.8, 4) is 0 Å². The standard InChI is InChI=1S/C15H20BrN3O2/c1-9-14(21)19(8-10-5-11(16)7-17-6-10)12(13(20)18-9)15(2,3)4/h5-7,9,12H,8H2,1-4H3,(H,18,20). The highest BCUT2D eigenvalue weighted by Crippen LogP contribution is 2.29. The van der Waals surface area contributed by atoms with Gasteiger partial charge in [-0.1, -0.05) is 20.8 Å². The smallest absolute Gasteiger partial charge is 0.245 e.